The third kappa shape index (κ3) is 1.32. The Balaban J connectivity index is 2.75. The van der Waals surface area contributed by atoms with Crippen LogP contribution in [-0.4, -0.2) is 10.1 Å². The molecule has 13 heavy (non-hydrogen) atoms. The first-order valence-corrected chi connectivity index (χ1v) is 3.86. The van der Waals surface area contributed by atoms with Gasteiger partial charge in [-0.15, -0.1) is 6.42 Å². The van der Waals surface area contributed by atoms with Crippen LogP contribution in [0.15, 0.2) is 30.3 Å². The lowest BCUT2D eigenvalue weighted by atomic mass is 10.2. The van der Waals surface area contributed by atoms with Crippen molar-refractivity contribution in [1.29, 1.82) is 0 Å². The van der Waals surface area contributed by atoms with Gasteiger partial charge in [0.2, 0.25) is 0 Å². The molecule has 2 nitrogen and oxygen atoms in total. The number of phenolic OH excluding ortho intramolecular Hbond substituents is 1. The molecule has 0 aliphatic heterocycles. The molecule has 0 aliphatic rings. The van der Waals surface area contributed by atoms with Crippen molar-refractivity contribution in [2.45, 2.75) is 0 Å². The third-order valence-corrected chi connectivity index (χ3v) is 1.82. The molecule has 1 aromatic carbocycles. The van der Waals surface area contributed by atoms with E-state index in [1.165, 1.54) is 0 Å². The average molecular weight is 169 g/mol. The topological polar surface area (TPSA) is 33.1 Å². The Hall–Kier alpha value is -2.01. The van der Waals surface area contributed by atoms with Crippen molar-refractivity contribution < 1.29 is 5.11 Å². The molecule has 2 rings (SSSR count). The number of terminal acetylenes is 1. The lowest BCUT2D eigenvalue weighted by Crippen LogP contribution is -1.83. The standard InChI is InChI=1S/C11H7NO/c1-2-9-4-3-8-7-10(13)5-6-11(8)12-9/h1,3-7,13H. The molecule has 0 saturated heterocycles. The SMILES string of the molecule is C#Cc1ccc2cc(O)ccc2n1. The summed E-state index contributed by atoms with van der Waals surface area (Å²) in [4.78, 5) is 4.19. The number of pyridine rings is 1. The van der Waals surface area contributed by atoms with Gasteiger partial charge < -0.3 is 5.11 Å². The van der Waals surface area contributed by atoms with Crippen molar-refractivity contribution in [3.63, 3.8) is 0 Å². The van der Waals surface area contributed by atoms with Crippen LogP contribution in [0.4, 0.5) is 0 Å². The van der Waals surface area contributed by atoms with Gasteiger partial charge in [0.25, 0.3) is 0 Å². The Morgan fingerprint density at radius 1 is 1.23 bits per heavy atom. The van der Waals surface area contributed by atoms with E-state index in [1.807, 2.05) is 6.07 Å². The van der Waals surface area contributed by atoms with Gasteiger partial charge in [-0.1, -0.05) is 5.92 Å². The molecule has 2 aromatic rings. The van der Waals surface area contributed by atoms with E-state index in [-0.39, 0.29) is 5.75 Å². The fourth-order valence-corrected chi connectivity index (χ4v) is 1.19. The van der Waals surface area contributed by atoms with Gasteiger partial charge in [-0.25, -0.2) is 4.98 Å². The lowest BCUT2D eigenvalue weighted by Gasteiger charge is -1.97. The van der Waals surface area contributed by atoms with E-state index in [2.05, 4.69) is 10.9 Å². The van der Waals surface area contributed by atoms with E-state index in [0.717, 1.165) is 10.9 Å². The molecule has 0 saturated carbocycles. The maximum atomic E-state index is 9.19. The van der Waals surface area contributed by atoms with Gasteiger partial charge in [-0.2, -0.15) is 0 Å². The van der Waals surface area contributed by atoms with Crippen LogP contribution in [0.2, 0.25) is 0 Å². The van der Waals surface area contributed by atoms with E-state index >= 15 is 0 Å². The first-order chi connectivity index (χ1) is 6.29. The van der Waals surface area contributed by atoms with Crippen molar-refractivity contribution in [2.75, 3.05) is 0 Å². The number of phenols is 1. The Morgan fingerprint density at radius 2 is 2.08 bits per heavy atom. The summed E-state index contributed by atoms with van der Waals surface area (Å²) in [5.74, 6) is 2.70. The summed E-state index contributed by atoms with van der Waals surface area (Å²) in [7, 11) is 0. The van der Waals surface area contributed by atoms with Crippen molar-refractivity contribution in [3.8, 4) is 18.1 Å². The maximum absolute atomic E-state index is 9.19. The fourth-order valence-electron chi connectivity index (χ4n) is 1.19. The highest BCUT2D eigenvalue weighted by Gasteiger charge is 1.96. The number of hydrogen-bond donors (Lipinski definition) is 1. The minimum absolute atomic E-state index is 0.239. The third-order valence-electron chi connectivity index (χ3n) is 1.82. The lowest BCUT2D eigenvalue weighted by molar-refractivity contribution is 0.476. The van der Waals surface area contributed by atoms with Crippen LogP contribution in [0.25, 0.3) is 10.9 Å². The number of aromatic hydroxyl groups is 1. The van der Waals surface area contributed by atoms with Gasteiger partial charge in [0, 0.05) is 5.39 Å². The van der Waals surface area contributed by atoms with E-state index in [0.29, 0.717) is 5.69 Å². The summed E-state index contributed by atoms with van der Waals surface area (Å²) in [6.45, 7) is 0. The van der Waals surface area contributed by atoms with Crippen LogP contribution in [0.5, 0.6) is 5.75 Å². The highest BCUT2D eigenvalue weighted by Crippen LogP contribution is 2.18. The van der Waals surface area contributed by atoms with Crippen LogP contribution < -0.4 is 0 Å². The average Bonchev–Trinajstić information content (AvgIpc) is 2.17. The second kappa shape index (κ2) is 2.80. The van der Waals surface area contributed by atoms with Crippen LogP contribution in [-0.2, 0) is 0 Å². The molecule has 0 amide bonds. The minimum atomic E-state index is 0.239. The minimum Gasteiger partial charge on any atom is -0.508 e. The van der Waals surface area contributed by atoms with Crippen LogP contribution >= 0.6 is 0 Å². The molecule has 1 aromatic heterocycles. The quantitative estimate of drug-likeness (QED) is 0.611. The van der Waals surface area contributed by atoms with Crippen LogP contribution in [0.1, 0.15) is 5.69 Å². The van der Waals surface area contributed by atoms with Crippen molar-refractivity contribution >= 4 is 10.9 Å². The molecule has 62 valence electrons. The fraction of sp³-hybridized carbons (Fsp3) is 0. The van der Waals surface area contributed by atoms with Crippen molar-refractivity contribution in [1.82, 2.24) is 4.98 Å². The number of rotatable bonds is 0. The summed E-state index contributed by atoms with van der Waals surface area (Å²) in [6, 6.07) is 8.59. The Morgan fingerprint density at radius 3 is 2.85 bits per heavy atom. The molecule has 0 radical (unpaired) electrons. The summed E-state index contributed by atoms with van der Waals surface area (Å²) in [5.41, 5.74) is 1.41. The molecule has 1 heterocycles. The monoisotopic (exact) mass is 169 g/mol. The predicted molar refractivity (Wildman–Crippen MR) is 51.3 cm³/mol. The number of benzene rings is 1. The molecule has 0 bridgehead atoms. The molecule has 0 aliphatic carbocycles. The summed E-state index contributed by atoms with van der Waals surface area (Å²) >= 11 is 0. The zero-order chi connectivity index (χ0) is 9.26. The van der Waals surface area contributed by atoms with E-state index in [1.54, 1.807) is 24.3 Å². The molecule has 1 N–H and O–H groups in total. The molecule has 2 heteroatoms. The molecule has 0 atom stereocenters. The number of nitrogens with zero attached hydrogens (tertiary/aromatic N) is 1. The van der Waals surface area contributed by atoms with Gasteiger partial charge in [-0.3, -0.25) is 0 Å². The second-order valence-electron chi connectivity index (χ2n) is 2.72. The number of fused-ring (bicyclic) bond motifs is 1. The largest absolute Gasteiger partial charge is 0.508 e. The Labute approximate surface area is 75.9 Å². The first kappa shape index (κ1) is 7.63. The normalized spacial score (nSPS) is 9.77. The summed E-state index contributed by atoms with van der Waals surface area (Å²) in [6.07, 6.45) is 5.21. The predicted octanol–water partition coefficient (Wildman–Crippen LogP) is 1.92. The molecule has 0 spiro atoms. The van der Waals surface area contributed by atoms with Gasteiger partial charge in [0.15, 0.2) is 0 Å². The van der Waals surface area contributed by atoms with Gasteiger partial charge >= 0.3 is 0 Å². The van der Waals surface area contributed by atoms with Crippen LogP contribution in [0.3, 0.4) is 0 Å². The van der Waals surface area contributed by atoms with Crippen molar-refractivity contribution in [3.05, 3.63) is 36.0 Å². The van der Waals surface area contributed by atoms with Gasteiger partial charge in [0.1, 0.15) is 11.4 Å². The highest BCUT2D eigenvalue weighted by molar-refractivity contribution is 5.80. The van der Waals surface area contributed by atoms with Crippen LogP contribution in [0, 0.1) is 12.3 Å². The van der Waals surface area contributed by atoms with Gasteiger partial charge in [-0.05, 0) is 30.3 Å². The van der Waals surface area contributed by atoms with Gasteiger partial charge in [0.05, 0.1) is 5.52 Å². The smallest absolute Gasteiger partial charge is 0.116 e. The maximum Gasteiger partial charge on any atom is 0.116 e. The Kier molecular flexibility index (Phi) is 1.64. The first-order valence-electron chi connectivity index (χ1n) is 3.86. The van der Waals surface area contributed by atoms with E-state index in [4.69, 9.17) is 6.42 Å². The molecule has 0 fully saturated rings. The second-order valence-corrected chi connectivity index (χ2v) is 2.72. The molecule has 0 unspecified atom stereocenters. The number of hydrogen-bond acceptors (Lipinski definition) is 2. The van der Waals surface area contributed by atoms with E-state index < -0.39 is 0 Å². The molecular formula is C11H7NO. The summed E-state index contributed by atoms with van der Waals surface area (Å²) in [5, 5.41) is 10.1. The Bertz CT molecular complexity index is 497. The highest BCUT2D eigenvalue weighted by atomic mass is 16.3. The summed E-state index contributed by atoms with van der Waals surface area (Å²) < 4.78 is 0. The zero-order valence-corrected chi connectivity index (χ0v) is 6.86. The van der Waals surface area contributed by atoms with Crippen molar-refractivity contribution in [2.24, 2.45) is 0 Å². The number of aromatic nitrogens is 1. The van der Waals surface area contributed by atoms with E-state index in [9.17, 15) is 5.11 Å². The zero-order valence-electron chi connectivity index (χ0n) is 6.86. The molecular weight excluding hydrogens is 162 g/mol.